The lowest BCUT2D eigenvalue weighted by molar-refractivity contribution is 0.244. The van der Waals surface area contributed by atoms with Crippen molar-refractivity contribution in [1.29, 1.82) is 0 Å². The second-order valence-corrected chi connectivity index (χ2v) is 4.77. The number of furan rings is 1. The van der Waals surface area contributed by atoms with Gasteiger partial charge < -0.3 is 19.2 Å². The van der Waals surface area contributed by atoms with E-state index in [-0.39, 0.29) is 0 Å². The van der Waals surface area contributed by atoms with Crippen LogP contribution in [0.1, 0.15) is 30.9 Å². The van der Waals surface area contributed by atoms with Crippen molar-refractivity contribution in [3.8, 4) is 11.5 Å². The van der Waals surface area contributed by atoms with Crippen LogP contribution in [-0.4, -0.2) is 13.2 Å². The highest BCUT2D eigenvalue weighted by molar-refractivity contribution is 5.39. The Bertz CT molecular complexity index is 563. The van der Waals surface area contributed by atoms with Crippen molar-refractivity contribution >= 4 is 0 Å². The highest BCUT2D eigenvalue weighted by atomic mass is 16.5. The molecule has 1 heterocycles. The van der Waals surface area contributed by atoms with Crippen LogP contribution < -0.4 is 14.8 Å². The van der Waals surface area contributed by atoms with Gasteiger partial charge in [0.15, 0.2) is 11.5 Å². The van der Waals surface area contributed by atoms with E-state index in [9.17, 15) is 0 Å². The summed E-state index contributed by atoms with van der Waals surface area (Å²) in [6.07, 6.45) is 0. The molecule has 0 aliphatic heterocycles. The van der Waals surface area contributed by atoms with Gasteiger partial charge in [0.25, 0.3) is 0 Å². The standard InChI is InChI=1S/C17H23NO3/c1-4-18-11-17-13(3)10-14(21-17)12-20-16-9-7-6-8-15(16)19-5-2/h6-10,18H,4-5,11-12H2,1-3H3. The highest BCUT2D eigenvalue weighted by Gasteiger charge is 2.09. The first-order chi connectivity index (χ1) is 10.2. The van der Waals surface area contributed by atoms with Gasteiger partial charge in [-0.05, 0) is 44.2 Å². The van der Waals surface area contributed by atoms with Crippen molar-refractivity contribution in [3.05, 3.63) is 47.4 Å². The summed E-state index contributed by atoms with van der Waals surface area (Å²) in [5.41, 5.74) is 1.15. The van der Waals surface area contributed by atoms with E-state index >= 15 is 0 Å². The molecular formula is C17H23NO3. The largest absolute Gasteiger partial charge is 0.490 e. The average molecular weight is 289 g/mol. The first kappa shape index (κ1) is 15.4. The molecule has 0 spiro atoms. The van der Waals surface area contributed by atoms with E-state index < -0.39 is 0 Å². The summed E-state index contributed by atoms with van der Waals surface area (Å²) < 4.78 is 17.2. The Morgan fingerprint density at radius 1 is 1.10 bits per heavy atom. The van der Waals surface area contributed by atoms with Gasteiger partial charge in [-0.1, -0.05) is 19.1 Å². The smallest absolute Gasteiger partial charge is 0.161 e. The summed E-state index contributed by atoms with van der Waals surface area (Å²) in [6.45, 7) is 8.77. The molecule has 0 aliphatic rings. The zero-order chi connectivity index (χ0) is 15.1. The van der Waals surface area contributed by atoms with E-state index in [1.807, 2.05) is 44.2 Å². The molecule has 0 unspecified atom stereocenters. The van der Waals surface area contributed by atoms with Crippen LogP contribution in [-0.2, 0) is 13.2 Å². The van der Waals surface area contributed by atoms with Crippen LogP contribution in [0.15, 0.2) is 34.7 Å². The SMILES string of the molecule is CCNCc1oc(COc2ccccc2OCC)cc1C. The number of ether oxygens (including phenoxy) is 2. The molecule has 2 aromatic rings. The predicted octanol–water partition coefficient (Wildman–Crippen LogP) is 3.68. The van der Waals surface area contributed by atoms with Gasteiger partial charge in [0.05, 0.1) is 13.2 Å². The topological polar surface area (TPSA) is 43.6 Å². The zero-order valence-electron chi connectivity index (χ0n) is 12.9. The molecule has 0 bridgehead atoms. The Morgan fingerprint density at radius 2 is 1.81 bits per heavy atom. The molecule has 0 fully saturated rings. The predicted molar refractivity (Wildman–Crippen MR) is 82.8 cm³/mol. The monoisotopic (exact) mass is 289 g/mol. The summed E-state index contributed by atoms with van der Waals surface area (Å²) in [7, 11) is 0. The van der Waals surface area contributed by atoms with E-state index in [4.69, 9.17) is 13.9 Å². The fraction of sp³-hybridized carbons (Fsp3) is 0.412. The summed E-state index contributed by atoms with van der Waals surface area (Å²) in [4.78, 5) is 0. The van der Waals surface area contributed by atoms with Crippen molar-refractivity contribution in [2.45, 2.75) is 33.9 Å². The van der Waals surface area contributed by atoms with Crippen LogP contribution in [0, 0.1) is 6.92 Å². The molecule has 0 radical (unpaired) electrons. The van der Waals surface area contributed by atoms with Crippen molar-refractivity contribution in [2.75, 3.05) is 13.2 Å². The highest BCUT2D eigenvalue weighted by Crippen LogP contribution is 2.27. The third kappa shape index (κ3) is 4.26. The summed E-state index contributed by atoms with van der Waals surface area (Å²) in [5.74, 6) is 3.29. The Labute approximate surface area is 126 Å². The summed E-state index contributed by atoms with van der Waals surface area (Å²) in [5, 5.41) is 3.26. The number of rotatable bonds is 8. The van der Waals surface area contributed by atoms with Gasteiger partial charge >= 0.3 is 0 Å². The molecule has 0 amide bonds. The van der Waals surface area contributed by atoms with E-state index in [2.05, 4.69) is 12.2 Å². The fourth-order valence-electron chi connectivity index (χ4n) is 2.07. The van der Waals surface area contributed by atoms with Gasteiger partial charge in [-0.2, -0.15) is 0 Å². The molecule has 1 aromatic heterocycles. The lowest BCUT2D eigenvalue weighted by Gasteiger charge is -2.10. The lowest BCUT2D eigenvalue weighted by Crippen LogP contribution is -2.11. The Balaban J connectivity index is 2.00. The van der Waals surface area contributed by atoms with E-state index in [1.165, 1.54) is 0 Å². The van der Waals surface area contributed by atoms with Gasteiger partial charge in [0.1, 0.15) is 18.1 Å². The number of nitrogens with one attached hydrogen (secondary N) is 1. The van der Waals surface area contributed by atoms with E-state index in [0.29, 0.717) is 13.2 Å². The van der Waals surface area contributed by atoms with Crippen molar-refractivity contribution in [1.82, 2.24) is 5.32 Å². The molecule has 4 nitrogen and oxygen atoms in total. The Kier molecular flexibility index (Phi) is 5.69. The van der Waals surface area contributed by atoms with Crippen LogP contribution in [0.4, 0.5) is 0 Å². The maximum atomic E-state index is 5.81. The minimum atomic E-state index is 0.400. The first-order valence-electron chi connectivity index (χ1n) is 7.38. The molecule has 0 saturated heterocycles. The number of hydrogen-bond acceptors (Lipinski definition) is 4. The minimum absolute atomic E-state index is 0.400. The molecule has 114 valence electrons. The van der Waals surface area contributed by atoms with Crippen LogP contribution in [0.2, 0.25) is 0 Å². The molecule has 4 heteroatoms. The van der Waals surface area contributed by atoms with Gasteiger partial charge in [-0.25, -0.2) is 0 Å². The third-order valence-electron chi connectivity index (χ3n) is 3.13. The summed E-state index contributed by atoms with van der Waals surface area (Å²) >= 11 is 0. The zero-order valence-corrected chi connectivity index (χ0v) is 12.9. The van der Waals surface area contributed by atoms with Crippen molar-refractivity contribution in [2.24, 2.45) is 0 Å². The number of benzene rings is 1. The Morgan fingerprint density at radius 3 is 2.48 bits per heavy atom. The second-order valence-electron chi connectivity index (χ2n) is 4.77. The summed E-state index contributed by atoms with van der Waals surface area (Å²) in [6, 6.07) is 9.70. The van der Waals surface area contributed by atoms with Gasteiger partial charge in [0, 0.05) is 0 Å². The number of aryl methyl sites for hydroxylation is 1. The van der Waals surface area contributed by atoms with Crippen LogP contribution in [0.5, 0.6) is 11.5 Å². The molecule has 0 aliphatic carbocycles. The van der Waals surface area contributed by atoms with Gasteiger partial charge in [0.2, 0.25) is 0 Å². The van der Waals surface area contributed by atoms with E-state index in [1.54, 1.807) is 0 Å². The maximum Gasteiger partial charge on any atom is 0.161 e. The average Bonchev–Trinajstić information content (AvgIpc) is 2.85. The quantitative estimate of drug-likeness (QED) is 0.805. The second kappa shape index (κ2) is 7.74. The maximum absolute atomic E-state index is 5.81. The minimum Gasteiger partial charge on any atom is -0.490 e. The van der Waals surface area contributed by atoms with E-state index in [0.717, 1.165) is 41.7 Å². The number of para-hydroxylation sites is 2. The number of hydrogen-bond donors (Lipinski definition) is 1. The van der Waals surface area contributed by atoms with Crippen molar-refractivity contribution in [3.63, 3.8) is 0 Å². The molecule has 1 aromatic carbocycles. The first-order valence-corrected chi connectivity index (χ1v) is 7.38. The Hall–Kier alpha value is -1.94. The molecule has 2 rings (SSSR count). The van der Waals surface area contributed by atoms with Crippen LogP contribution >= 0.6 is 0 Å². The molecule has 1 N–H and O–H groups in total. The van der Waals surface area contributed by atoms with Crippen LogP contribution in [0.25, 0.3) is 0 Å². The third-order valence-corrected chi connectivity index (χ3v) is 3.13. The molecule has 21 heavy (non-hydrogen) atoms. The molecule has 0 atom stereocenters. The molecule has 0 saturated carbocycles. The fourth-order valence-corrected chi connectivity index (χ4v) is 2.07. The normalized spacial score (nSPS) is 10.6. The molecular weight excluding hydrogens is 266 g/mol. The lowest BCUT2D eigenvalue weighted by atomic mass is 10.2. The van der Waals surface area contributed by atoms with Crippen molar-refractivity contribution < 1.29 is 13.9 Å². The van der Waals surface area contributed by atoms with Gasteiger partial charge in [-0.15, -0.1) is 0 Å². The van der Waals surface area contributed by atoms with Crippen LogP contribution in [0.3, 0.4) is 0 Å². The van der Waals surface area contributed by atoms with Gasteiger partial charge in [-0.3, -0.25) is 0 Å².